The van der Waals surface area contributed by atoms with Crippen LogP contribution < -0.4 is 9.80 Å². The molecule has 0 spiro atoms. The van der Waals surface area contributed by atoms with Crippen LogP contribution in [0.4, 0.5) is 34.1 Å². The zero-order valence-corrected chi connectivity index (χ0v) is 29.3. The fourth-order valence-electron chi connectivity index (χ4n) is 8.71. The first-order valence-corrected chi connectivity index (χ1v) is 18.4. The zero-order chi connectivity index (χ0) is 35.8. The summed E-state index contributed by atoms with van der Waals surface area (Å²) in [6.07, 6.45) is 0.899. The minimum atomic E-state index is 0.649. The van der Waals surface area contributed by atoms with Crippen molar-refractivity contribution in [1.29, 1.82) is 0 Å². The van der Waals surface area contributed by atoms with Crippen LogP contribution in [0.5, 0.6) is 0 Å². The van der Waals surface area contributed by atoms with Crippen molar-refractivity contribution < 1.29 is 4.79 Å². The fraction of sp³-hybridized carbons (Fsp3) is 0. The van der Waals surface area contributed by atoms with Gasteiger partial charge in [-0.2, -0.15) is 0 Å². The van der Waals surface area contributed by atoms with E-state index in [-0.39, 0.29) is 0 Å². The summed E-state index contributed by atoms with van der Waals surface area (Å²) >= 11 is 0. The van der Waals surface area contributed by atoms with Crippen molar-refractivity contribution in [2.75, 3.05) is 9.80 Å². The molecule has 0 aliphatic rings. The van der Waals surface area contributed by atoms with Crippen molar-refractivity contribution in [3.63, 3.8) is 0 Å². The molecule has 0 saturated carbocycles. The Morgan fingerprint density at radius 1 is 0.296 bits per heavy atom. The molecule has 0 heterocycles. The smallest absolute Gasteiger partial charge is 0.150 e. The molecule has 0 radical (unpaired) electrons. The number of anilines is 6. The molecule has 0 N–H and O–H groups in total. The van der Waals surface area contributed by atoms with E-state index in [0.717, 1.165) is 40.4 Å². The number of benzene rings is 11. The van der Waals surface area contributed by atoms with E-state index in [1.165, 1.54) is 64.6 Å². The molecule has 11 aromatic carbocycles. The predicted molar refractivity (Wildman–Crippen MR) is 229 cm³/mol. The molecule has 11 aromatic rings. The Balaban J connectivity index is 1.10. The van der Waals surface area contributed by atoms with E-state index < -0.39 is 0 Å². The van der Waals surface area contributed by atoms with Gasteiger partial charge in [0.1, 0.15) is 6.29 Å². The van der Waals surface area contributed by atoms with Gasteiger partial charge >= 0.3 is 0 Å². The lowest BCUT2D eigenvalue weighted by atomic mass is 9.93. The molecule has 54 heavy (non-hydrogen) atoms. The van der Waals surface area contributed by atoms with Crippen molar-refractivity contribution in [1.82, 2.24) is 0 Å². The van der Waals surface area contributed by atoms with Crippen LogP contribution in [0.2, 0.25) is 0 Å². The number of para-hydroxylation sites is 1. The normalized spacial score (nSPS) is 11.8. The monoisotopic (exact) mass is 688 g/mol. The first-order valence-electron chi connectivity index (χ1n) is 18.4. The van der Waals surface area contributed by atoms with Crippen LogP contribution in [0.1, 0.15) is 10.4 Å². The van der Waals surface area contributed by atoms with E-state index in [9.17, 15) is 4.79 Å². The summed E-state index contributed by atoms with van der Waals surface area (Å²) in [6, 6.07) is 67.4. The average Bonchev–Trinajstić information content (AvgIpc) is 3.24. The largest absolute Gasteiger partial charge is 0.310 e. The lowest BCUT2D eigenvalue weighted by Crippen LogP contribution is -2.13. The van der Waals surface area contributed by atoms with Gasteiger partial charge in [0, 0.05) is 39.1 Å². The van der Waals surface area contributed by atoms with Crippen LogP contribution in [-0.4, -0.2) is 6.29 Å². The highest BCUT2D eigenvalue weighted by molar-refractivity contribution is 6.27. The molecule has 3 heteroatoms. The van der Waals surface area contributed by atoms with Gasteiger partial charge in [0.25, 0.3) is 0 Å². The third-order valence-corrected chi connectivity index (χ3v) is 11.2. The van der Waals surface area contributed by atoms with Gasteiger partial charge in [-0.3, -0.25) is 4.79 Å². The van der Waals surface area contributed by atoms with Gasteiger partial charge in [-0.1, -0.05) is 115 Å². The first kappa shape index (κ1) is 30.4. The number of carbonyl (C=O) groups is 1. The summed E-state index contributed by atoms with van der Waals surface area (Å²) in [6.45, 7) is 0. The highest BCUT2D eigenvalue weighted by atomic mass is 16.1. The molecule has 0 aliphatic carbocycles. The van der Waals surface area contributed by atoms with E-state index in [1.807, 2.05) is 24.3 Å². The Morgan fingerprint density at radius 2 is 0.648 bits per heavy atom. The van der Waals surface area contributed by atoms with Crippen LogP contribution in [0, 0.1) is 0 Å². The molecular weight excluding hydrogens is 657 g/mol. The van der Waals surface area contributed by atoms with Crippen molar-refractivity contribution in [2.45, 2.75) is 0 Å². The van der Waals surface area contributed by atoms with E-state index in [0.29, 0.717) is 5.56 Å². The number of aldehydes is 1. The van der Waals surface area contributed by atoms with Crippen molar-refractivity contribution >= 4 is 105 Å². The maximum absolute atomic E-state index is 11.7. The van der Waals surface area contributed by atoms with Gasteiger partial charge in [-0.15, -0.1) is 0 Å². The highest BCUT2D eigenvalue weighted by Crippen LogP contribution is 2.47. The molecule has 0 unspecified atom stereocenters. The minimum Gasteiger partial charge on any atom is -0.310 e. The summed E-state index contributed by atoms with van der Waals surface area (Å²) < 4.78 is 0. The van der Waals surface area contributed by atoms with Gasteiger partial charge in [0.2, 0.25) is 0 Å². The summed E-state index contributed by atoms with van der Waals surface area (Å²) in [7, 11) is 0. The molecule has 0 fully saturated rings. The molecule has 0 amide bonds. The Labute approximate surface area is 312 Å². The standard InChI is InChI=1S/C51H32N2O/c54-32-33-12-22-41(23-13-33)53(47-31-21-39-17-15-35-7-5-9-37-19-29-45(47)51(39)49(35)37)43-26-24-42(25-27-43)52(40-10-2-1-3-11-40)46-30-20-38-16-14-34-6-4-8-36-18-28-44(46)50(38)48(34)36/h1-32H. The second-order valence-electron chi connectivity index (χ2n) is 14.1. The maximum atomic E-state index is 11.7. The summed E-state index contributed by atoms with van der Waals surface area (Å²) in [5, 5.41) is 15.0. The highest BCUT2D eigenvalue weighted by Gasteiger charge is 2.21. The predicted octanol–water partition coefficient (Wildman–Crippen LogP) is 14.2. The van der Waals surface area contributed by atoms with Crippen LogP contribution in [0.3, 0.4) is 0 Å². The second kappa shape index (κ2) is 11.9. The van der Waals surface area contributed by atoms with E-state index in [1.54, 1.807) is 0 Å². The zero-order valence-electron chi connectivity index (χ0n) is 29.3. The SMILES string of the molecule is O=Cc1ccc(N(c2ccc(N(c3ccccc3)c3ccc4ccc5cccc6ccc3c4c56)cc2)c2ccc3ccc4cccc5ccc2c3c45)cc1. The molecule has 0 bridgehead atoms. The van der Waals surface area contributed by atoms with Gasteiger partial charge < -0.3 is 9.80 Å². The number of hydrogen-bond acceptors (Lipinski definition) is 3. The minimum absolute atomic E-state index is 0.649. The van der Waals surface area contributed by atoms with E-state index in [2.05, 4.69) is 174 Å². The Kier molecular flexibility index (Phi) is 6.70. The lowest BCUT2D eigenvalue weighted by molar-refractivity contribution is 0.112. The third kappa shape index (κ3) is 4.59. The van der Waals surface area contributed by atoms with Gasteiger partial charge in [-0.05, 0) is 127 Å². The Bertz CT molecular complexity index is 3140. The van der Waals surface area contributed by atoms with Crippen LogP contribution in [-0.2, 0) is 0 Å². The number of nitrogens with zero attached hydrogens (tertiary/aromatic N) is 2. The summed E-state index contributed by atoms with van der Waals surface area (Å²) in [5.74, 6) is 0. The second-order valence-corrected chi connectivity index (χ2v) is 14.1. The van der Waals surface area contributed by atoms with Crippen LogP contribution >= 0.6 is 0 Å². The first-order chi connectivity index (χ1) is 26.7. The van der Waals surface area contributed by atoms with E-state index >= 15 is 0 Å². The average molecular weight is 689 g/mol. The van der Waals surface area contributed by atoms with Crippen molar-refractivity contribution in [2.24, 2.45) is 0 Å². The van der Waals surface area contributed by atoms with Gasteiger partial charge in [0.05, 0.1) is 11.4 Å². The van der Waals surface area contributed by atoms with E-state index in [4.69, 9.17) is 0 Å². The molecule has 11 rings (SSSR count). The quantitative estimate of drug-likeness (QED) is 0.123. The number of rotatable bonds is 7. The molecule has 0 aromatic heterocycles. The van der Waals surface area contributed by atoms with Gasteiger partial charge in [-0.25, -0.2) is 0 Å². The van der Waals surface area contributed by atoms with Gasteiger partial charge in [0.15, 0.2) is 0 Å². The molecule has 252 valence electrons. The summed E-state index contributed by atoms with van der Waals surface area (Å²) in [5.41, 5.74) is 7.02. The molecule has 0 aliphatic heterocycles. The Hall–Kier alpha value is -7.23. The molecule has 0 saturated heterocycles. The Morgan fingerprint density at radius 3 is 1.07 bits per heavy atom. The van der Waals surface area contributed by atoms with Crippen molar-refractivity contribution in [3.8, 4) is 0 Å². The number of carbonyl (C=O) groups excluding carboxylic acids is 1. The summed E-state index contributed by atoms with van der Waals surface area (Å²) in [4.78, 5) is 16.4. The molecular formula is C51H32N2O. The molecule has 0 atom stereocenters. The maximum Gasteiger partial charge on any atom is 0.150 e. The topological polar surface area (TPSA) is 23.6 Å². The lowest BCUT2D eigenvalue weighted by Gasteiger charge is -2.30. The number of hydrogen-bond donors (Lipinski definition) is 0. The fourth-order valence-corrected chi connectivity index (χ4v) is 8.71. The van der Waals surface area contributed by atoms with Crippen LogP contribution in [0.15, 0.2) is 188 Å². The third-order valence-electron chi connectivity index (χ3n) is 11.2. The van der Waals surface area contributed by atoms with Crippen molar-refractivity contribution in [3.05, 3.63) is 194 Å². The molecule has 3 nitrogen and oxygen atoms in total. The van der Waals surface area contributed by atoms with Crippen LogP contribution in [0.25, 0.3) is 64.6 Å².